The first-order valence-electron chi connectivity index (χ1n) is 28.7. The fraction of sp³-hybridized carbons (Fsp3) is 0.694. The first kappa shape index (κ1) is 68.2. The minimum atomic E-state index is -4.64. The number of phosphoric acid groups is 1. The van der Waals surface area contributed by atoms with Crippen LogP contribution in [0.3, 0.4) is 0 Å². The molecule has 0 aliphatic rings. The number of rotatable bonds is 51. The van der Waals surface area contributed by atoms with Crippen LogP contribution in [0, 0.1) is 0 Å². The lowest BCUT2D eigenvalue weighted by molar-refractivity contribution is -0.870. The number of hydrogen-bond acceptors (Lipinski definition) is 6. The first-order valence-corrected chi connectivity index (χ1v) is 30.2. The molecule has 0 saturated heterocycles. The minimum absolute atomic E-state index is 0.0286. The van der Waals surface area contributed by atoms with Gasteiger partial charge in [-0.2, -0.15) is 0 Å². The number of aliphatic hydroxyl groups is 1. The third-order valence-corrected chi connectivity index (χ3v) is 13.2. The minimum Gasteiger partial charge on any atom is -0.756 e. The number of aliphatic hydroxyl groups excluding tert-OH is 1. The molecule has 8 nitrogen and oxygen atoms in total. The van der Waals surface area contributed by atoms with Gasteiger partial charge in [-0.1, -0.05) is 245 Å². The molecule has 0 aliphatic heterocycles. The van der Waals surface area contributed by atoms with Crippen molar-refractivity contribution in [2.75, 3.05) is 40.9 Å². The van der Waals surface area contributed by atoms with E-state index >= 15 is 0 Å². The number of allylic oxidation sites excluding steroid dienone is 17. The van der Waals surface area contributed by atoms with Crippen molar-refractivity contribution in [2.45, 2.75) is 238 Å². The van der Waals surface area contributed by atoms with Gasteiger partial charge in [0.05, 0.1) is 39.9 Å². The van der Waals surface area contributed by atoms with Crippen molar-refractivity contribution >= 4 is 13.7 Å². The Morgan fingerprint density at radius 1 is 0.507 bits per heavy atom. The van der Waals surface area contributed by atoms with Crippen LogP contribution in [0.15, 0.2) is 109 Å². The van der Waals surface area contributed by atoms with Crippen molar-refractivity contribution in [3.05, 3.63) is 109 Å². The van der Waals surface area contributed by atoms with E-state index < -0.39 is 26.6 Å². The topological polar surface area (TPSA) is 108 Å². The molecule has 408 valence electrons. The highest BCUT2D eigenvalue weighted by Crippen LogP contribution is 2.38. The van der Waals surface area contributed by atoms with Crippen molar-refractivity contribution in [1.82, 2.24) is 5.32 Å². The van der Waals surface area contributed by atoms with Crippen LogP contribution in [0.2, 0.25) is 0 Å². The lowest BCUT2D eigenvalue weighted by Gasteiger charge is -2.29. The first-order chi connectivity index (χ1) is 34.5. The third-order valence-electron chi connectivity index (χ3n) is 12.2. The largest absolute Gasteiger partial charge is 0.756 e. The molecule has 2 N–H and O–H groups in total. The molecule has 0 saturated carbocycles. The number of amides is 1. The Balaban J connectivity index is 4.36. The Hall–Kier alpha value is -2.84. The van der Waals surface area contributed by atoms with Crippen LogP contribution < -0.4 is 10.2 Å². The van der Waals surface area contributed by atoms with Gasteiger partial charge in [-0.25, -0.2) is 0 Å². The van der Waals surface area contributed by atoms with Gasteiger partial charge in [-0.05, 0) is 83.5 Å². The fourth-order valence-electron chi connectivity index (χ4n) is 7.74. The van der Waals surface area contributed by atoms with Crippen LogP contribution in [0.4, 0.5) is 0 Å². The van der Waals surface area contributed by atoms with Crippen LogP contribution in [-0.2, 0) is 18.4 Å². The van der Waals surface area contributed by atoms with Crippen molar-refractivity contribution in [3.8, 4) is 0 Å². The summed E-state index contributed by atoms with van der Waals surface area (Å²) in [5.41, 5.74) is 0. The predicted octanol–water partition coefficient (Wildman–Crippen LogP) is 17.0. The number of carbonyl (C=O) groups excluding carboxylic acids is 1. The number of carbonyl (C=O) groups is 1. The normalized spacial score (nSPS) is 14.7. The molecule has 0 aromatic carbocycles. The highest BCUT2D eigenvalue weighted by molar-refractivity contribution is 7.45. The maximum atomic E-state index is 12.9. The Morgan fingerprint density at radius 3 is 1.30 bits per heavy atom. The van der Waals surface area contributed by atoms with Gasteiger partial charge in [-0.3, -0.25) is 9.36 Å². The molecule has 0 aliphatic carbocycles. The van der Waals surface area contributed by atoms with Crippen LogP contribution in [0.5, 0.6) is 0 Å². The van der Waals surface area contributed by atoms with Gasteiger partial charge in [0, 0.05) is 6.42 Å². The summed E-state index contributed by atoms with van der Waals surface area (Å²) in [6.45, 7) is 4.45. The van der Waals surface area contributed by atoms with Gasteiger partial charge in [0.1, 0.15) is 13.2 Å². The predicted molar refractivity (Wildman–Crippen MR) is 306 cm³/mol. The number of nitrogens with zero attached hydrogens (tertiary/aromatic N) is 1. The van der Waals surface area contributed by atoms with Crippen molar-refractivity contribution in [1.29, 1.82) is 0 Å². The van der Waals surface area contributed by atoms with Gasteiger partial charge < -0.3 is 28.8 Å². The maximum absolute atomic E-state index is 12.9. The molecule has 0 fully saturated rings. The molecule has 0 aromatic rings. The molecule has 71 heavy (non-hydrogen) atoms. The van der Waals surface area contributed by atoms with Gasteiger partial charge in [0.25, 0.3) is 7.82 Å². The second-order valence-electron chi connectivity index (χ2n) is 20.2. The van der Waals surface area contributed by atoms with E-state index in [1.54, 1.807) is 6.08 Å². The van der Waals surface area contributed by atoms with Gasteiger partial charge >= 0.3 is 0 Å². The Bertz CT molecular complexity index is 1520. The summed E-state index contributed by atoms with van der Waals surface area (Å²) < 4.78 is 23.3. The summed E-state index contributed by atoms with van der Waals surface area (Å²) in [6, 6.07) is -0.959. The summed E-state index contributed by atoms with van der Waals surface area (Å²) in [5, 5.41) is 13.8. The van der Waals surface area contributed by atoms with E-state index in [-0.39, 0.29) is 18.9 Å². The van der Waals surface area contributed by atoms with E-state index in [9.17, 15) is 19.4 Å². The Morgan fingerprint density at radius 2 is 0.873 bits per heavy atom. The van der Waals surface area contributed by atoms with Gasteiger partial charge in [0.2, 0.25) is 5.91 Å². The van der Waals surface area contributed by atoms with Crippen LogP contribution in [-0.4, -0.2) is 68.5 Å². The molecular weight excluding hydrogens is 900 g/mol. The van der Waals surface area contributed by atoms with Crippen LogP contribution >= 0.6 is 7.82 Å². The smallest absolute Gasteiger partial charge is 0.268 e. The van der Waals surface area contributed by atoms with E-state index in [0.29, 0.717) is 23.9 Å². The molecule has 0 spiro atoms. The molecule has 0 heterocycles. The summed E-state index contributed by atoms with van der Waals surface area (Å²) >= 11 is 0. The number of hydrogen-bond donors (Lipinski definition) is 2. The van der Waals surface area contributed by atoms with Crippen LogP contribution in [0.1, 0.15) is 226 Å². The van der Waals surface area contributed by atoms with E-state index in [1.807, 2.05) is 39.4 Å². The molecule has 0 aromatic heterocycles. The van der Waals surface area contributed by atoms with Gasteiger partial charge in [0.15, 0.2) is 0 Å². The zero-order valence-corrected chi connectivity index (χ0v) is 47.3. The fourth-order valence-corrected chi connectivity index (χ4v) is 8.46. The number of likely N-dealkylation sites (N-methyl/N-ethyl adjacent to an activating group) is 1. The molecule has 0 bridgehead atoms. The van der Waals surface area contributed by atoms with E-state index in [1.165, 1.54) is 135 Å². The van der Waals surface area contributed by atoms with Crippen molar-refractivity contribution < 1.29 is 32.9 Å². The molecule has 0 radical (unpaired) electrons. The average Bonchev–Trinajstić information content (AvgIpc) is 3.33. The standard InChI is InChI=1S/C62H109N2O6P/c1-6-8-10-12-14-16-18-20-22-24-26-27-28-29-30-31-32-33-34-35-36-38-39-41-43-45-47-49-51-53-55-61(65)60(59-70-71(67,68)69-58-57-64(3,4)5)63-62(66)56-54-52-50-48-46-44-42-40-37-25-23-21-19-17-15-13-11-9-7-2/h9,11,15,17,21,23,37-40,44-47,50,52-53,55,60-61,65H,6-8,10,12-14,16,18-20,22,24-36,41-43,48-49,51,54,56-59H2,1-5H3,(H-,63,66,67,68)/b11-9-,17-15-,23-21-,39-38+,40-37-,46-44-,47-45+,52-50-,55-53+. The quantitative estimate of drug-likeness (QED) is 0.0272. The monoisotopic (exact) mass is 1010 g/mol. The maximum Gasteiger partial charge on any atom is 0.268 e. The van der Waals surface area contributed by atoms with Crippen LogP contribution in [0.25, 0.3) is 0 Å². The van der Waals surface area contributed by atoms with E-state index in [4.69, 9.17) is 9.05 Å². The lowest BCUT2D eigenvalue weighted by atomic mass is 10.0. The SMILES string of the molecule is CC/C=C\C/C=C\C/C=C\C/C=C\C/C=C\C/C=C\CCC(=O)NC(COP(=O)([O-])OCC[N+](C)(C)C)C(O)/C=C/CC/C=C/CC/C=C/CCCCCCCCCCCCCCCCCCCCCC. The van der Waals surface area contributed by atoms with Crippen molar-refractivity contribution in [2.24, 2.45) is 0 Å². The third kappa shape index (κ3) is 54.8. The highest BCUT2D eigenvalue weighted by atomic mass is 31.2. The molecule has 0 rings (SSSR count). The Kier molecular flexibility index (Phi) is 50.0. The molecule has 3 unspecified atom stereocenters. The number of quaternary nitrogens is 1. The molecule has 1 amide bonds. The molecule has 9 heteroatoms. The zero-order valence-electron chi connectivity index (χ0n) is 46.4. The average molecular weight is 1010 g/mol. The summed E-state index contributed by atoms with van der Waals surface area (Å²) in [5.74, 6) is -0.296. The number of phosphoric ester groups is 1. The number of nitrogens with one attached hydrogen (secondary N) is 1. The van der Waals surface area contributed by atoms with Gasteiger partial charge in [-0.15, -0.1) is 0 Å². The second-order valence-corrected chi connectivity index (χ2v) is 21.7. The van der Waals surface area contributed by atoms with E-state index in [2.05, 4.69) is 104 Å². The lowest BCUT2D eigenvalue weighted by Crippen LogP contribution is -2.45. The summed E-state index contributed by atoms with van der Waals surface area (Å²) in [4.78, 5) is 25.4. The zero-order chi connectivity index (χ0) is 52.0. The molecular formula is C62H109N2O6P. The summed E-state index contributed by atoms with van der Waals surface area (Å²) in [7, 11) is 1.17. The second kappa shape index (κ2) is 52.0. The van der Waals surface area contributed by atoms with Crippen molar-refractivity contribution in [3.63, 3.8) is 0 Å². The van der Waals surface area contributed by atoms with E-state index in [0.717, 1.165) is 57.8 Å². The Labute approximate surface area is 438 Å². The number of unbranched alkanes of at least 4 members (excludes halogenated alkanes) is 22. The highest BCUT2D eigenvalue weighted by Gasteiger charge is 2.23. The molecule has 3 atom stereocenters. The summed E-state index contributed by atoms with van der Waals surface area (Å²) in [6.07, 6.45) is 76.3.